The van der Waals surface area contributed by atoms with E-state index in [0.29, 0.717) is 0 Å². The number of nitrogens with one attached hydrogen (secondary N) is 1. The summed E-state index contributed by atoms with van der Waals surface area (Å²) in [6.45, 7) is 0. The van der Waals surface area contributed by atoms with Crippen molar-refractivity contribution in [1.82, 2.24) is 0 Å². The van der Waals surface area contributed by atoms with Gasteiger partial charge in [-0.25, -0.2) is 0 Å². The monoisotopic (exact) mass is 267 g/mol. The summed E-state index contributed by atoms with van der Waals surface area (Å²) in [4.78, 5) is 2.25. The molecule has 0 spiro atoms. The Balaban J connectivity index is 2.13. The van der Waals surface area contributed by atoms with Gasteiger partial charge in [-0.2, -0.15) is 0 Å². The third-order valence-electron chi connectivity index (χ3n) is 2.40. The fraction of sp³-hybridized carbons (Fsp3) is 0. The third-order valence-corrected chi connectivity index (χ3v) is 4.07. The standard InChI is InChI=1S/C12H7Cl2NS/c13-7-4-5-9-11(6-7)16-10-3-1-2-8(14)12(10)15-9/h1-6,15H. The second kappa shape index (κ2) is 3.88. The molecule has 0 bridgehead atoms. The van der Waals surface area contributed by atoms with Crippen LogP contribution in [0.5, 0.6) is 0 Å². The molecule has 2 aromatic rings. The second-order valence-electron chi connectivity index (χ2n) is 3.48. The molecule has 80 valence electrons. The van der Waals surface area contributed by atoms with Crippen LogP contribution in [-0.2, 0) is 0 Å². The normalized spacial score (nSPS) is 12.6. The van der Waals surface area contributed by atoms with Crippen molar-refractivity contribution < 1.29 is 0 Å². The molecular weight excluding hydrogens is 261 g/mol. The van der Waals surface area contributed by atoms with Crippen LogP contribution in [0.2, 0.25) is 10.0 Å². The largest absolute Gasteiger partial charge is 0.352 e. The van der Waals surface area contributed by atoms with Gasteiger partial charge in [-0.3, -0.25) is 0 Å². The molecule has 0 unspecified atom stereocenters. The Morgan fingerprint density at radius 3 is 2.75 bits per heavy atom. The van der Waals surface area contributed by atoms with Gasteiger partial charge in [-0.1, -0.05) is 41.0 Å². The first-order valence-corrected chi connectivity index (χ1v) is 6.34. The zero-order valence-corrected chi connectivity index (χ0v) is 10.5. The van der Waals surface area contributed by atoms with Gasteiger partial charge in [0.15, 0.2) is 0 Å². The summed E-state index contributed by atoms with van der Waals surface area (Å²) in [5.41, 5.74) is 2.03. The number of para-hydroxylation sites is 1. The highest BCUT2D eigenvalue weighted by Crippen LogP contribution is 2.47. The van der Waals surface area contributed by atoms with E-state index in [4.69, 9.17) is 23.2 Å². The van der Waals surface area contributed by atoms with Crippen LogP contribution in [0, 0.1) is 0 Å². The van der Waals surface area contributed by atoms with Crippen LogP contribution in [0.4, 0.5) is 11.4 Å². The van der Waals surface area contributed by atoms with Crippen molar-refractivity contribution in [2.75, 3.05) is 5.32 Å². The zero-order chi connectivity index (χ0) is 11.1. The first-order valence-electron chi connectivity index (χ1n) is 4.77. The average molecular weight is 268 g/mol. The third kappa shape index (κ3) is 1.67. The molecule has 0 aliphatic carbocycles. The van der Waals surface area contributed by atoms with Gasteiger partial charge in [0.05, 0.1) is 16.4 Å². The number of halogens is 2. The Hall–Kier alpha value is -0.830. The molecule has 0 radical (unpaired) electrons. The number of benzene rings is 2. The van der Waals surface area contributed by atoms with Crippen molar-refractivity contribution in [3.05, 3.63) is 46.4 Å². The molecule has 16 heavy (non-hydrogen) atoms. The van der Waals surface area contributed by atoms with Crippen LogP contribution in [0.1, 0.15) is 0 Å². The van der Waals surface area contributed by atoms with Crippen LogP contribution >= 0.6 is 35.0 Å². The van der Waals surface area contributed by atoms with E-state index in [1.54, 1.807) is 11.8 Å². The molecule has 4 heteroatoms. The molecule has 0 fully saturated rings. The van der Waals surface area contributed by atoms with Crippen LogP contribution in [-0.4, -0.2) is 0 Å². The maximum absolute atomic E-state index is 6.14. The number of rotatable bonds is 0. The molecule has 0 amide bonds. The van der Waals surface area contributed by atoms with Crippen molar-refractivity contribution in [2.45, 2.75) is 9.79 Å². The predicted octanol–water partition coefficient (Wildman–Crippen LogP) is 5.20. The zero-order valence-electron chi connectivity index (χ0n) is 8.13. The highest BCUT2D eigenvalue weighted by Gasteiger charge is 2.17. The summed E-state index contributed by atoms with van der Waals surface area (Å²) >= 11 is 13.8. The SMILES string of the molecule is Clc1ccc2c(c1)Sc1cccc(Cl)c1N2. The molecule has 0 saturated carbocycles. The summed E-state index contributed by atoms with van der Waals surface area (Å²) in [7, 11) is 0. The summed E-state index contributed by atoms with van der Waals surface area (Å²) in [5, 5.41) is 4.81. The number of hydrogen-bond donors (Lipinski definition) is 1. The highest BCUT2D eigenvalue weighted by molar-refractivity contribution is 7.99. The molecule has 0 atom stereocenters. The van der Waals surface area contributed by atoms with Gasteiger partial charge >= 0.3 is 0 Å². The van der Waals surface area contributed by atoms with E-state index >= 15 is 0 Å². The lowest BCUT2D eigenvalue weighted by Gasteiger charge is -2.21. The number of hydrogen-bond acceptors (Lipinski definition) is 2. The van der Waals surface area contributed by atoms with Gasteiger partial charge < -0.3 is 5.32 Å². The smallest absolute Gasteiger partial charge is 0.0715 e. The topological polar surface area (TPSA) is 12.0 Å². The summed E-state index contributed by atoms with van der Waals surface area (Å²) in [5.74, 6) is 0. The fourth-order valence-electron chi connectivity index (χ4n) is 1.65. The maximum Gasteiger partial charge on any atom is 0.0715 e. The highest BCUT2D eigenvalue weighted by atomic mass is 35.5. The maximum atomic E-state index is 6.14. The Labute approximate surface area is 108 Å². The minimum absolute atomic E-state index is 0.741. The van der Waals surface area contributed by atoms with Gasteiger partial charge in [0.25, 0.3) is 0 Å². The Morgan fingerprint density at radius 2 is 1.88 bits per heavy atom. The van der Waals surface area contributed by atoms with Crippen molar-refractivity contribution in [3.63, 3.8) is 0 Å². The number of fused-ring (bicyclic) bond motifs is 2. The van der Waals surface area contributed by atoms with Crippen LogP contribution in [0.3, 0.4) is 0 Å². The molecule has 1 aliphatic heterocycles. The lowest BCUT2D eigenvalue weighted by molar-refractivity contribution is 1.31. The van der Waals surface area contributed by atoms with Gasteiger partial charge in [0.1, 0.15) is 0 Å². The van der Waals surface area contributed by atoms with E-state index < -0.39 is 0 Å². The van der Waals surface area contributed by atoms with Crippen LogP contribution in [0.25, 0.3) is 0 Å². The molecule has 3 rings (SSSR count). The van der Waals surface area contributed by atoms with Crippen molar-refractivity contribution in [1.29, 1.82) is 0 Å². The minimum Gasteiger partial charge on any atom is -0.352 e. The molecule has 1 N–H and O–H groups in total. The Kier molecular flexibility index (Phi) is 2.51. The van der Waals surface area contributed by atoms with Gasteiger partial charge in [-0.15, -0.1) is 0 Å². The summed E-state index contributed by atoms with van der Waals surface area (Å²) < 4.78 is 0. The van der Waals surface area contributed by atoms with Crippen molar-refractivity contribution in [3.8, 4) is 0 Å². The van der Waals surface area contributed by atoms with Crippen molar-refractivity contribution in [2.24, 2.45) is 0 Å². The van der Waals surface area contributed by atoms with E-state index in [9.17, 15) is 0 Å². The van der Waals surface area contributed by atoms with E-state index in [-0.39, 0.29) is 0 Å². The van der Waals surface area contributed by atoms with Gasteiger partial charge in [-0.05, 0) is 30.3 Å². The Bertz CT molecular complexity index is 569. The van der Waals surface area contributed by atoms with Crippen LogP contribution in [0.15, 0.2) is 46.2 Å². The quantitative estimate of drug-likeness (QED) is 0.601. The molecule has 1 nitrogen and oxygen atoms in total. The molecular formula is C12H7Cl2NS. The first kappa shape index (κ1) is 10.3. The molecule has 0 aromatic heterocycles. The van der Waals surface area contributed by atoms with Crippen molar-refractivity contribution >= 4 is 46.3 Å². The van der Waals surface area contributed by atoms with Crippen LogP contribution < -0.4 is 5.32 Å². The van der Waals surface area contributed by atoms with E-state index in [0.717, 1.165) is 31.2 Å². The Morgan fingerprint density at radius 1 is 1.00 bits per heavy atom. The molecule has 1 aliphatic rings. The molecule has 0 saturated heterocycles. The minimum atomic E-state index is 0.741. The van der Waals surface area contributed by atoms with Gasteiger partial charge in [0.2, 0.25) is 0 Å². The molecule has 2 aromatic carbocycles. The predicted molar refractivity (Wildman–Crippen MR) is 70.3 cm³/mol. The fourth-order valence-corrected chi connectivity index (χ4v) is 3.22. The van der Waals surface area contributed by atoms with E-state index in [2.05, 4.69) is 5.32 Å². The van der Waals surface area contributed by atoms with E-state index in [1.165, 1.54) is 0 Å². The lowest BCUT2D eigenvalue weighted by Crippen LogP contribution is -1.99. The number of anilines is 2. The molecule has 1 heterocycles. The van der Waals surface area contributed by atoms with Gasteiger partial charge in [0, 0.05) is 14.8 Å². The first-order chi connectivity index (χ1) is 7.74. The lowest BCUT2D eigenvalue weighted by atomic mass is 10.2. The van der Waals surface area contributed by atoms with E-state index in [1.807, 2.05) is 36.4 Å². The second-order valence-corrected chi connectivity index (χ2v) is 5.41. The average Bonchev–Trinajstić information content (AvgIpc) is 2.27. The summed E-state index contributed by atoms with van der Waals surface area (Å²) in [6, 6.07) is 11.7. The summed E-state index contributed by atoms with van der Waals surface area (Å²) in [6.07, 6.45) is 0.